The maximum absolute atomic E-state index is 11.1. The van der Waals surface area contributed by atoms with Crippen molar-refractivity contribution in [1.82, 2.24) is 0 Å². The summed E-state index contributed by atoms with van der Waals surface area (Å²) in [5.74, 6) is 0.501. The van der Waals surface area contributed by atoms with Crippen LogP contribution in [0.25, 0.3) is 0 Å². The van der Waals surface area contributed by atoms with Gasteiger partial charge in [0.05, 0.1) is 5.69 Å². The van der Waals surface area contributed by atoms with Crippen molar-refractivity contribution >= 4 is 33.2 Å². The average Bonchev–Trinajstić information content (AvgIpc) is 2.39. The molecule has 0 saturated heterocycles. The van der Waals surface area contributed by atoms with Gasteiger partial charge in [-0.25, -0.2) is 0 Å². The maximum atomic E-state index is 11.1. The van der Waals surface area contributed by atoms with Crippen molar-refractivity contribution in [1.29, 1.82) is 0 Å². The number of halogens is 1. The summed E-state index contributed by atoms with van der Waals surface area (Å²) in [4.78, 5) is 11.1. The summed E-state index contributed by atoms with van der Waals surface area (Å²) in [6.07, 6.45) is 0. The molecule has 3 N–H and O–H groups in total. The van der Waals surface area contributed by atoms with E-state index in [2.05, 4.69) is 21.2 Å². The Balaban J connectivity index is 2.12. The minimum Gasteiger partial charge on any atom is -0.487 e. The Bertz CT molecular complexity index is 629. The van der Waals surface area contributed by atoms with Gasteiger partial charge in [0.15, 0.2) is 0 Å². The van der Waals surface area contributed by atoms with Crippen LogP contribution in [0.2, 0.25) is 0 Å². The molecule has 0 heterocycles. The minimum absolute atomic E-state index is 0.130. The van der Waals surface area contributed by atoms with E-state index in [1.807, 2.05) is 36.4 Å². The number of nitrogens with two attached hydrogens (primary N) is 1. The van der Waals surface area contributed by atoms with Crippen molar-refractivity contribution in [3.05, 3.63) is 52.5 Å². The highest BCUT2D eigenvalue weighted by Gasteiger charge is 2.06. The molecule has 2 rings (SSSR count). The van der Waals surface area contributed by atoms with Gasteiger partial charge < -0.3 is 15.8 Å². The summed E-state index contributed by atoms with van der Waals surface area (Å²) in [6, 6.07) is 12.9. The molecule has 4 nitrogen and oxygen atoms in total. The molecule has 2 aromatic carbocycles. The highest BCUT2D eigenvalue weighted by atomic mass is 79.9. The zero-order valence-corrected chi connectivity index (χ0v) is 12.6. The summed E-state index contributed by atoms with van der Waals surface area (Å²) in [5, 5.41) is 2.74. The van der Waals surface area contributed by atoms with Crippen LogP contribution < -0.4 is 15.8 Å². The van der Waals surface area contributed by atoms with Crippen LogP contribution in [0.4, 0.5) is 11.4 Å². The first-order valence-corrected chi connectivity index (χ1v) is 6.89. The number of amides is 1. The molecule has 104 valence electrons. The molecule has 2 aromatic rings. The Hall–Kier alpha value is -2.01. The molecule has 0 atom stereocenters. The Morgan fingerprint density at radius 2 is 2.05 bits per heavy atom. The van der Waals surface area contributed by atoms with Crippen molar-refractivity contribution < 1.29 is 9.53 Å². The molecule has 20 heavy (non-hydrogen) atoms. The molecule has 0 spiro atoms. The quantitative estimate of drug-likeness (QED) is 0.840. The number of ether oxygens (including phenoxy) is 1. The molecule has 0 bridgehead atoms. The zero-order chi connectivity index (χ0) is 14.5. The molecule has 1 amide bonds. The lowest BCUT2D eigenvalue weighted by Gasteiger charge is -2.12. The van der Waals surface area contributed by atoms with Crippen molar-refractivity contribution in [3.63, 3.8) is 0 Å². The predicted octanol–water partition coefficient (Wildman–Crippen LogP) is 3.57. The second-order valence-corrected chi connectivity index (χ2v) is 5.17. The number of nitrogens with one attached hydrogen (secondary N) is 1. The van der Waals surface area contributed by atoms with Crippen LogP contribution in [-0.2, 0) is 11.4 Å². The zero-order valence-electron chi connectivity index (χ0n) is 11.0. The molecular weight excluding hydrogens is 320 g/mol. The van der Waals surface area contributed by atoms with Gasteiger partial charge >= 0.3 is 0 Å². The molecule has 0 saturated carbocycles. The third kappa shape index (κ3) is 3.74. The van der Waals surface area contributed by atoms with Crippen molar-refractivity contribution in [3.8, 4) is 5.75 Å². The van der Waals surface area contributed by atoms with E-state index in [0.29, 0.717) is 23.7 Å². The lowest BCUT2D eigenvalue weighted by molar-refractivity contribution is -0.114. The van der Waals surface area contributed by atoms with Gasteiger partial charge in [0.25, 0.3) is 0 Å². The van der Waals surface area contributed by atoms with Gasteiger partial charge in [0.1, 0.15) is 12.4 Å². The van der Waals surface area contributed by atoms with Crippen LogP contribution in [-0.4, -0.2) is 5.91 Å². The highest BCUT2D eigenvalue weighted by molar-refractivity contribution is 9.10. The predicted molar refractivity (Wildman–Crippen MR) is 83.6 cm³/mol. The Morgan fingerprint density at radius 3 is 2.75 bits per heavy atom. The summed E-state index contributed by atoms with van der Waals surface area (Å²) in [7, 11) is 0. The van der Waals surface area contributed by atoms with E-state index in [9.17, 15) is 4.79 Å². The normalized spacial score (nSPS) is 10.1. The summed E-state index contributed by atoms with van der Waals surface area (Å²) < 4.78 is 6.66. The van der Waals surface area contributed by atoms with E-state index in [0.717, 1.165) is 10.0 Å². The van der Waals surface area contributed by atoms with Crippen LogP contribution in [0.1, 0.15) is 12.5 Å². The number of nitrogen functional groups attached to an aromatic ring is 1. The number of carbonyl (C=O) groups is 1. The van der Waals surface area contributed by atoms with E-state index in [1.54, 1.807) is 6.07 Å². The van der Waals surface area contributed by atoms with E-state index in [-0.39, 0.29) is 5.91 Å². The number of rotatable bonds is 4. The van der Waals surface area contributed by atoms with Crippen LogP contribution in [0.5, 0.6) is 5.75 Å². The summed E-state index contributed by atoms with van der Waals surface area (Å²) >= 11 is 3.45. The minimum atomic E-state index is -0.130. The van der Waals surface area contributed by atoms with E-state index >= 15 is 0 Å². The molecule has 0 aliphatic heterocycles. The number of anilines is 2. The molecule has 0 aromatic heterocycles. The molecule has 5 heteroatoms. The van der Waals surface area contributed by atoms with Crippen LogP contribution in [0.3, 0.4) is 0 Å². The highest BCUT2D eigenvalue weighted by Crippen LogP contribution is 2.26. The number of para-hydroxylation sites is 2. The van der Waals surface area contributed by atoms with Crippen LogP contribution >= 0.6 is 15.9 Å². The summed E-state index contributed by atoms with van der Waals surface area (Å²) in [6.45, 7) is 1.85. The fourth-order valence-corrected chi connectivity index (χ4v) is 2.23. The van der Waals surface area contributed by atoms with Gasteiger partial charge in [-0.05, 0) is 24.3 Å². The average molecular weight is 335 g/mol. The molecular formula is C15H15BrN2O2. The lowest BCUT2D eigenvalue weighted by Crippen LogP contribution is -2.08. The fourth-order valence-electron chi connectivity index (χ4n) is 1.72. The molecule has 0 aliphatic rings. The second-order valence-electron chi connectivity index (χ2n) is 4.32. The van der Waals surface area contributed by atoms with Crippen LogP contribution in [0.15, 0.2) is 46.9 Å². The standard InChI is InChI=1S/C15H15BrN2O2/c1-10(19)18-14-4-2-3-5-15(14)20-9-11-6-7-12(17)8-13(11)16/h2-8H,9,17H2,1H3,(H,18,19). The Morgan fingerprint density at radius 1 is 1.30 bits per heavy atom. The largest absolute Gasteiger partial charge is 0.487 e. The first-order chi connectivity index (χ1) is 9.56. The lowest BCUT2D eigenvalue weighted by atomic mass is 10.2. The first kappa shape index (κ1) is 14.4. The molecule has 0 unspecified atom stereocenters. The van der Waals surface area contributed by atoms with Gasteiger partial charge in [0, 0.05) is 22.6 Å². The topological polar surface area (TPSA) is 64.3 Å². The number of carbonyl (C=O) groups excluding carboxylic acids is 1. The second kappa shape index (κ2) is 6.43. The molecule has 0 aliphatic carbocycles. The maximum Gasteiger partial charge on any atom is 0.221 e. The third-order valence-corrected chi connectivity index (χ3v) is 3.40. The number of hydrogen-bond donors (Lipinski definition) is 2. The smallest absolute Gasteiger partial charge is 0.221 e. The number of benzene rings is 2. The molecule has 0 fully saturated rings. The Labute approximate surface area is 126 Å². The van der Waals surface area contributed by atoms with Crippen molar-refractivity contribution in [2.24, 2.45) is 0 Å². The van der Waals surface area contributed by atoms with Crippen LogP contribution in [0, 0.1) is 0 Å². The Kier molecular flexibility index (Phi) is 4.63. The first-order valence-electron chi connectivity index (χ1n) is 6.09. The van der Waals surface area contributed by atoms with Crippen molar-refractivity contribution in [2.45, 2.75) is 13.5 Å². The van der Waals surface area contributed by atoms with Gasteiger partial charge in [-0.15, -0.1) is 0 Å². The SMILES string of the molecule is CC(=O)Nc1ccccc1OCc1ccc(N)cc1Br. The van der Waals surface area contributed by atoms with Gasteiger partial charge in [0.2, 0.25) is 5.91 Å². The monoisotopic (exact) mass is 334 g/mol. The van der Waals surface area contributed by atoms with Gasteiger partial charge in [-0.2, -0.15) is 0 Å². The number of hydrogen-bond acceptors (Lipinski definition) is 3. The van der Waals surface area contributed by atoms with E-state index < -0.39 is 0 Å². The van der Waals surface area contributed by atoms with E-state index in [1.165, 1.54) is 6.92 Å². The summed E-state index contributed by atoms with van der Waals surface area (Å²) in [5.41, 5.74) is 8.03. The van der Waals surface area contributed by atoms with Gasteiger partial charge in [-0.1, -0.05) is 34.1 Å². The molecule has 0 radical (unpaired) electrons. The third-order valence-electron chi connectivity index (χ3n) is 2.66. The van der Waals surface area contributed by atoms with Gasteiger partial charge in [-0.3, -0.25) is 4.79 Å². The van der Waals surface area contributed by atoms with Crippen molar-refractivity contribution in [2.75, 3.05) is 11.1 Å². The van der Waals surface area contributed by atoms with E-state index in [4.69, 9.17) is 10.5 Å². The fraction of sp³-hybridized carbons (Fsp3) is 0.133.